The Bertz CT molecular complexity index is 859. The van der Waals surface area contributed by atoms with Crippen LogP contribution in [0.15, 0.2) is 53.4 Å². The molecule has 2 aromatic rings. The minimum atomic E-state index is -3.63. The van der Waals surface area contributed by atoms with E-state index in [0.717, 1.165) is 23.2 Å². The molecule has 1 unspecified atom stereocenters. The van der Waals surface area contributed by atoms with E-state index >= 15 is 0 Å². The van der Waals surface area contributed by atoms with Crippen LogP contribution < -0.4 is 9.62 Å². The van der Waals surface area contributed by atoms with Crippen LogP contribution in [0.4, 0.5) is 5.69 Å². The summed E-state index contributed by atoms with van der Waals surface area (Å²) in [7, 11) is -3.63. The summed E-state index contributed by atoms with van der Waals surface area (Å²) in [6, 6.07) is 13.9. The van der Waals surface area contributed by atoms with Crippen molar-refractivity contribution in [3.63, 3.8) is 0 Å². The predicted molar refractivity (Wildman–Crippen MR) is 97.9 cm³/mol. The number of hydrogen-bond acceptors (Lipinski definition) is 3. The molecule has 0 saturated carbocycles. The Morgan fingerprint density at radius 3 is 2.24 bits per heavy atom. The maximum absolute atomic E-state index is 12.6. The molecule has 0 radical (unpaired) electrons. The Kier molecular flexibility index (Phi) is 4.92. The van der Waals surface area contributed by atoms with Crippen LogP contribution in [0.5, 0.6) is 0 Å². The van der Waals surface area contributed by atoms with Crippen molar-refractivity contribution in [2.45, 2.75) is 37.6 Å². The van der Waals surface area contributed by atoms with E-state index in [1.807, 2.05) is 38.1 Å². The summed E-state index contributed by atoms with van der Waals surface area (Å²) in [5, 5.41) is 0. The van der Waals surface area contributed by atoms with Crippen molar-refractivity contribution >= 4 is 21.6 Å². The summed E-state index contributed by atoms with van der Waals surface area (Å²) in [6.07, 6.45) is 1.39. The Hall–Kier alpha value is -2.18. The van der Waals surface area contributed by atoms with Crippen LogP contribution in [0.2, 0.25) is 0 Å². The van der Waals surface area contributed by atoms with E-state index in [1.54, 1.807) is 29.2 Å². The van der Waals surface area contributed by atoms with Crippen molar-refractivity contribution in [1.82, 2.24) is 4.72 Å². The highest BCUT2D eigenvalue weighted by atomic mass is 32.2. The summed E-state index contributed by atoms with van der Waals surface area (Å²) in [5.41, 5.74) is 2.78. The third-order valence-electron chi connectivity index (χ3n) is 4.44. The average molecular weight is 358 g/mol. The van der Waals surface area contributed by atoms with Gasteiger partial charge >= 0.3 is 0 Å². The van der Waals surface area contributed by atoms with Crippen molar-refractivity contribution in [2.24, 2.45) is 0 Å². The molecule has 1 heterocycles. The van der Waals surface area contributed by atoms with E-state index in [9.17, 15) is 13.2 Å². The van der Waals surface area contributed by atoms with Gasteiger partial charge in [-0.15, -0.1) is 0 Å². The standard InChI is InChI=1S/C19H22N2O3S/c1-14-5-7-16(8-6-14)15(2)20-25(23,24)18-11-9-17(10-12-18)21-13-3-4-19(21)22/h5-12,15,20H,3-4,13H2,1-2H3. The van der Waals surface area contributed by atoms with Crippen molar-refractivity contribution in [3.8, 4) is 0 Å². The monoisotopic (exact) mass is 358 g/mol. The summed E-state index contributed by atoms with van der Waals surface area (Å²) in [6.45, 7) is 4.50. The number of nitrogens with zero attached hydrogens (tertiary/aromatic N) is 1. The molecule has 5 nitrogen and oxygen atoms in total. The van der Waals surface area contributed by atoms with Crippen LogP contribution in [0.25, 0.3) is 0 Å². The second-order valence-corrected chi connectivity index (χ2v) is 8.11. The summed E-state index contributed by atoms with van der Waals surface area (Å²) in [5.74, 6) is 0.0849. The molecule has 0 spiro atoms. The molecule has 3 rings (SSSR count). The first-order valence-corrected chi connectivity index (χ1v) is 9.84. The average Bonchev–Trinajstić information content (AvgIpc) is 3.01. The first-order valence-electron chi connectivity index (χ1n) is 8.36. The number of carbonyl (C=O) groups excluding carboxylic acids is 1. The van der Waals surface area contributed by atoms with Crippen LogP contribution in [-0.2, 0) is 14.8 Å². The second kappa shape index (κ2) is 6.98. The number of aryl methyl sites for hydroxylation is 1. The molecule has 1 amide bonds. The molecule has 1 fully saturated rings. The highest BCUT2D eigenvalue weighted by Gasteiger charge is 2.23. The van der Waals surface area contributed by atoms with Gasteiger partial charge < -0.3 is 4.90 Å². The Labute approximate surface area is 148 Å². The molecule has 1 atom stereocenters. The zero-order chi connectivity index (χ0) is 18.0. The number of anilines is 1. The second-order valence-electron chi connectivity index (χ2n) is 6.40. The molecule has 1 aliphatic rings. The predicted octanol–water partition coefficient (Wildman–Crippen LogP) is 3.16. The highest BCUT2D eigenvalue weighted by Crippen LogP contribution is 2.24. The minimum absolute atomic E-state index is 0.0849. The molecule has 0 aromatic heterocycles. The highest BCUT2D eigenvalue weighted by molar-refractivity contribution is 7.89. The van der Waals surface area contributed by atoms with Gasteiger partial charge in [-0.25, -0.2) is 13.1 Å². The number of hydrogen-bond donors (Lipinski definition) is 1. The smallest absolute Gasteiger partial charge is 0.241 e. The fraction of sp³-hybridized carbons (Fsp3) is 0.316. The first kappa shape index (κ1) is 17.6. The van der Waals surface area contributed by atoms with E-state index in [2.05, 4.69) is 4.72 Å². The van der Waals surface area contributed by atoms with Gasteiger partial charge in [0.1, 0.15) is 0 Å². The van der Waals surface area contributed by atoms with Crippen LogP contribution in [0.3, 0.4) is 0 Å². The molecule has 2 aromatic carbocycles. The van der Waals surface area contributed by atoms with E-state index in [-0.39, 0.29) is 16.8 Å². The van der Waals surface area contributed by atoms with Gasteiger partial charge in [0.15, 0.2) is 0 Å². The Morgan fingerprint density at radius 2 is 1.68 bits per heavy atom. The summed E-state index contributed by atoms with van der Waals surface area (Å²) < 4.78 is 27.9. The molecule has 25 heavy (non-hydrogen) atoms. The minimum Gasteiger partial charge on any atom is -0.312 e. The lowest BCUT2D eigenvalue weighted by molar-refractivity contribution is -0.117. The number of amides is 1. The van der Waals surface area contributed by atoms with Gasteiger partial charge in [-0.05, 0) is 50.1 Å². The first-order chi connectivity index (χ1) is 11.9. The topological polar surface area (TPSA) is 66.5 Å². The van der Waals surface area contributed by atoms with E-state index in [0.29, 0.717) is 13.0 Å². The van der Waals surface area contributed by atoms with Gasteiger partial charge in [0.05, 0.1) is 4.90 Å². The van der Waals surface area contributed by atoms with Crippen LogP contribution in [0.1, 0.15) is 36.9 Å². The van der Waals surface area contributed by atoms with Gasteiger partial charge in [0.2, 0.25) is 15.9 Å². The van der Waals surface area contributed by atoms with E-state index in [4.69, 9.17) is 0 Å². The van der Waals surface area contributed by atoms with Gasteiger partial charge in [0, 0.05) is 24.7 Å². The molecular formula is C19H22N2O3S. The third-order valence-corrected chi connectivity index (χ3v) is 6.00. The zero-order valence-electron chi connectivity index (χ0n) is 14.4. The van der Waals surface area contributed by atoms with Gasteiger partial charge in [-0.2, -0.15) is 0 Å². The molecule has 132 valence electrons. The summed E-state index contributed by atoms with van der Waals surface area (Å²) >= 11 is 0. The number of nitrogens with one attached hydrogen (secondary N) is 1. The molecule has 6 heteroatoms. The lowest BCUT2D eigenvalue weighted by Gasteiger charge is -2.17. The normalized spacial score (nSPS) is 16.2. The number of rotatable bonds is 5. The third kappa shape index (κ3) is 3.91. The zero-order valence-corrected chi connectivity index (χ0v) is 15.2. The van der Waals surface area contributed by atoms with Crippen LogP contribution >= 0.6 is 0 Å². The van der Waals surface area contributed by atoms with Crippen molar-refractivity contribution in [2.75, 3.05) is 11.4 Å². The fourth-order valence-corrected chi connectivity index (χ4v) is 4.18. The quantitative estimate of drug-likeness (QED) is 0.893. The molecular weight excluding hydrogens is 336 g/mol. The maximum atomic E-state index is 12.6. The van der Waals surface area contributed by atoms with E-state index in [1.165, 1.54) is 0 Å². The maximum Gasteiger partial charge on any atom is 0.241 e. The van der Waals surface area contributed by atoms with Crippen LogP contribution in [-0.4, -0.2) is 20.9 Å². The molecule has 1 saturated heterocycles. The molecule has 1 N–H and O–H groups in total. The fourth-order valence-electron chi connectivity index (χ4n) is 2.95. The largest absolute Gasteiger partial charge is 0.312 e. The Balaban J connectivity index is 1.75. The lowest BCUT2D eigenvalue weighted by Crippen LogP contribution is -2.27. The van der Waals surface area contributed by atoms with E-state index < -0.39 is 10.0 Å². The molecule has 0 bridgehead atoms. The van der Waals surface area contributed by atoms with Crippen molar-refractivity contribution in [3.05, 3.63) is 59.7 Å². The Morgan fingerprint density at radius 1 is 1.04 bits per heavy atom. The van der Waals surface area contributed by atoms with Gasteiger partial charge in [-0.3, -0.25) is 4.79 Å². The lowest BCUT2D eigenvalue weighted by atomic mass is 10.1. The number of benzene rings is 2. The number of carbonyl (C=O) groups is 1. The van der Waals surface area contributed by atoms with Crippen LogP contribution in [0, 0.1) is 6.92 Å². The number of sulfonamides is 1. The SMILES string of the molecule is Cc1ccc(C(C)NS(=O)(=O)c2ccc(N3CCCC3=O)cc2)cc1. The molecule has 0 aliphatic carbocycles. The molecule has 1 aliphatic heterocycles. The van der Waals surface area contributed by atoms with Crippen molar-refractivity contribution < 1.29 is 13.2 Å². The van der Waals surface area contributed by atoms with Gasteiger partial charge in [-0.1, -0.05) is 29.8 Å². The van der Waals surface area contributed by atoms with Crippen molar-refractivity contribution in [1.29, 1.82) is 0 Å². The summed E-state index contributed by atoms with van der Waals surface area (Å²) in [4.78, 5) is 13.7. The van der Waals surface area contributed by atoms with Gasteiger partial charge in [0.25, 0.3) is 0 Å².